The Morgan fingerprint density at radius 3 is 3.04 bits per heavy atom. The summed E-state index contributed by atoms with van der Waals surface area (Å²) in [5, 5.41) is 13.9. The van der Waals surface area contributed by atoms with E-state index in [0.29, 0.717) is 30.8 Å². The molecule has 2 heterocycles. The second kappa shape index (κ2) is 7.00. The molecule has 3 rings (SSSR count). The van der Waals surface area contributed by atoms with Crippen molar-refractivity contribution in [2.24, 2.45) is 0 Å². The Morgan fingerprint density at radius 1 is 1.46 bits per heavy atom. The first-order valence-corrected chi connectivity index (χ1v) is 7.85. The predicted molar refractivity (Wildman–Crippen MR) is 84.9 cm³/mol. The Kier molecular flexibility index (Phi) is 4.80. The topological polar surface area (TPSA) is 67.6 Å². The van der Waals surface area contributed by atoms with Crippen molar-refractivity contribution in [1.29, 1.82) is 0 Å². The van der Waals surface area contributed by atoms with Gasteiger partial charge in [-0.1, -0.05) is 6.07 Å². The van der Waals surface area contributed by atoms with Crippen molar-refractivity contribution in [2.75, 3.05) is 13.7 Å². The SMILES string of the molecule is COc1cc(F)ccc1CC(=O)N1Cc2ccnn2CC[C@H]1CO. The van der Waals surface area contributed by atoms with Crippen molar-refractivity contribution >= 4 is 5.91 Å². The van der Waals surface area contributed by atoms with Crippen LogP contribution >= 0.6 is 0 Å². The first kappa shape index (κ1) is 16.4. The van der Waals surface area contributed by atoms with E-state index in [-0.39, 0.29) is 25.0 Å². The molecule has 1 aliphatic rings. The smallest absolute Gasteiger partial charge is 0.227 e. The van der Waals surface area contributed by atoms with Crippen LogP contribution in [0.4, 0.5) is 4.39 Å². The minimum atomic E-state index is -0.407. The third-order valence-electron chi connectivity index (χ3n) is 4.37. The third-order valence-corrected chi connectivity index (χ3v) is 4.37. The maximum absolute atomic E-state index is 13.3. The zero-order valence-corrected chi connectivity index (χ0v) is 13.5. The van der Waals surface area contributed by atoms with Gasteiger partial charge in [0.25, 0.3) is 0 Å². The maximum atomic E-state index is 13.3. The van der Waals surface area contributed by atoms with Gasteiger partial charge in [-0.3, -0.25) is 9.48 Å². The van der Waals surface area contributed by atoms with Crippen molar-refractivity contribution in [2.45, 2.75) is 32.0 Å². The second-order valence-electron chi connectivity index (χ2n) is 5.83. The number of rotatable bonds is 4. The highest BCUT2D eigenvalue weighted by Gasteiger charge is 2.28. The molecule has 0 aliphatic carbocycles. The highest BCUT2D eigenvalue weighted by atomic mass is 19.1. The van der Waals surface area contributed by atoms with Crippen molar-refractivity contribution in [1.82, 2.24) is 14.7 Å². The normalized spacial score (nSPS) is 17.3. The molecule has 1 N–H and O–H groups in total. The number of nitrogens with zero attached hydrogens (tertiary/aromatic N) is 3. The molecule has 1 amide bonds. The molecule has 24 heavy (non-hydrogen) atoms. The van der Waals surface area contributed by atoms with Gasteiger partial charge in [0.15, 0.2) is 0 Å². The van der Waals surface area contributed by atoms with Gasteiger partial charge in [-0.05, 0) is 18.6 Å². The summed E-state index contributed by atoms with van der Waals surface area (Å²) in [6.07, 6.45) is 2.44. The monoisotopic (exact) mass is 333 g/mol. The largest absolute Gasteiger partial charge is 0.496 e. The average Bonchev–Trinajstić information content (AvgIpc) is 2.95. The van der Waals surface area contributed by atoms with Crippen LogP contribution in [0.2, 0.25) is 0 Å². The molecule has 6 nitrogen and oxygen atoms in total. The molecule has 7 heteroatoms. The van der Waals surface area contributed by atoms with E-state index in [2.05, 4.69) is 5.10 Å². The number of aryl methyl sites for hydroxylation is 1. The van der Waals surface area contributed by atoms with Gasteiger partial charge in [-0.25, -0.2) is 4.39 Å². The number of ether oxygens (including phenoxy) is 1. The number of aliphatic hydroxyl groups excluding tert-OH is 1. The molecule has 1 aromatic heterocycles. The number of hydrogen-bond donors (Lipinski definition) is 1. The van der Waals surface area contributed by atoms with Gasteiger partial charge >= 0.3 is 0 Å². The van der Waals surface area contributed by atoms with Crippen LogP contribution in [0.1, 0.15) is 17.7 Å². The summed E-state index contributed by atoms with van der Waals surface area (Å²) in [5.74, 6) is -0.188. The van der Waals surface area contributed by atoms with Gasteiger partial charge in [-0.2, -0.15) is 5.10 Å². The number of halogens is 1. The maximum Gasteiger partial charge on any atom is 0.227 e. The first-order chi connectivity index (χ1) is 11.6. The highest BCUT2D eigenvalue weighted by molar-refractivity contribution is 5.80. The Bertz CT molecular complexity index is 732. The molecule has 0 spiro atoms. The molecule has 0 unspecified atom stereocenters. The van der Waals surface area contributed by atoms with E-state index in [4.69, 9.17) is 4.74 Å². The van der Waals surface area contributed by atoms with Gasteiger partial charge < -0.3 is 14.7 Å². The van der Waals surface area contributed by atoms with Crippen molar-refractivity contribution in [3.05, 3.63) is 47.5 Å². The number of aromatic nitrogens is 2. The average molecular weight is 333 g/mol. The van der Waals surface area contributed by atoms with Gasteiger partial charge in [0.2, 0.25) is 5.91 Å². The molecule has 0 fully saturated rings. The Labute approximate surface area is 139 Å². The van der Waals surface area contributed by atoms with Crippen LogP contribution in [0, 0.1) is 5.82 Å². The standard InChI is InChI=1S/C17H20FN3O3/c1-24-16-9-13(18)3-2-12(16)8-17(23)20-10-14-4-6-19-21(14)7-5-15(20)11-22/h2-4,6,9,15,22H,5,7-8,10-11H2,1H3/t15-/m0/s1. The van der Waals surface area contributed by atoms with Crippen molar-refractivity contribution in [3.63, 3.8) is 0 Å². The van der Waals surface area contributed by atoms with E-state index in [9.17, 15) is 14.3 Å². The van der Waals surface area contributed by atoms with Crippen LogP contribution in [0.3, 0.4) is 0 Å². The number of amides is 1. The minimum Gasteiger partial charge on any atom is -0.496 e. The molecular weight excluding hydrogens is 313 g/mol. The molecule has 0 saturated heterocycles. The highest BCUT2D eigenvalue weighted by Crippen LogP contribution is 2.23. The summed E-state index contributed by atoms with van der Waals surface area (Å²) in [6, 6.07) is 5.75. The lowest BCUT2D eigenvalue weighted by Gasteiger charge is -2.28. The Hall–Kier alpha value is -2.41. The van der Waals surface area contributed by atoms with Crippen LogP contribution < -0.4 is 4.74 Å². The lowest BCUT2D eigenvalue weighted by Crippen LogP contribution is -2.42. The second-order valence-corrected chi connectivity index (χ2v) is 5.83. The molecule has 0 saturated carbocycles. The molecule has 1 aliphatic heterocycles. The number of fused-ring (bicyclic) bond motifs is 1. The lowest BCUT2D eigenvalue weighted by molar-refractivity contribution is -0.134. The van der Waals surface area contributed by atoms with Crippen molar-refractivity contribution < 1.29 is 19.0 Å². The molecule has 1 atom stereocenters. The van der Waals surface area contributed by atoms with Crippen LogP contribution in [0.15, 0.2) is 30.5 Å². The lowest BCUT2D eigenvalue weighted by atomic mass is 10.1. The fourth-order valence-electron chi connectivity index (χ4n) is 3.04. The zero-order valence-electron chi connectivity index (χ0n) is 13.5. The van der Waals surface area contributed by atoms with Crippen LogP contribution in [0.5, 0.6) is 5.75 Å². The number of methoxy groups -OCH3 is 1. The first-order valence-electron chi connectivity index (χ1n) is 7.85. The van der Waals surface area contributed by atoms with Gasteiger partial charge in [0, 0.05) is 24.4 Å². The molecule has 2 aromatic rings. The summed E-state index contributed by atoms with van der Waals surface area (Å²) in [7, 11) is 1.45. The number of carbonyl (C=O) groups is 1. The fourth-order valence-corrected chi connectivity index (χ4v) is 3.04. The number of hydrogen-bond acceptors (Lipinski definition) is 4. The van der Waals surface area contributed by atoms with E-state index >= 15 is 0 Å². The van der Waals surface area contributed by atoms with E-state index < -0.39 is 5.82 Å². The summed E-state index contributed by atoms with van der Waals surface area (Å²) < 4.78 is 20.3. The summed E-state index contributed by atoms with van der Waals surface area (Å²) >= 11 is 0. The molecule has 1 aromatic carbocycles. The van der Waals surface area contributed by atoms with E-state index in [1.165, 1.54) is 19.2 Å². The van der Waals surface area contributed by atoms with Gasteiger partial charge in [0.05, 0.1) is 38.4 Å². The third kappa shape index (κ3) is 3.26. The fraction of sp³-hybridized carbons (Fsp3) is 0.412. The Morgan fingerprint density at radius 2 is 2.29 bits per heavy atom. The van der Waals surface area contributed by atoms with Crippen LogP contribution in [-0.2, 0) is 24.3 Å². The van der Waals surface area contributed by atoms with Gasteiger partial charge in [0.1, 0.15) is 11.6 Å². The predicted octanol–water partition coefficient (Wildman–Crippen LogP) is 1.37. The van der Waals surface area contributed by atoms with Crippen LogP contribution in [-0.4, -0.2) is 45.5 Å². The number of aliphatic hydroxyl groups is 1. The Balaban J connectivity index is 1.82. The number of benzene rings is 1. The quantitative estimate of drug-likeness (QED) is 0.918. The number of carbonyl (C=O) groups excluding carboxylic acids is 1. The van der Waals surface area contributed by atoms with E-state index in [1.807, 2.05) is 10.7 Å². The molecular formula is C17H20FN3O3. The summed E-state index contributed by atoms with van der Waals surface area (Å²) in [4.78, 5) is 14.5. The van der Waals surface area contributed by atoms with Gasteiger partial charge in [-0.15, -0.1) is 0 Å². The summed E-state index contributed by atoms with van der Waals surface area (Å²) in [5.41, 5.74) is 1.56. The van der Waals surface area contributed by atoms with E-state index in [1.54, 1.807) is 17.2 Å². The summed E-state index contributed by atoms with van der Waals surface area (Å²) in [6.45, 7) is 0.960. The van der Waals surface area contributed by atoms with Crippen LogP contribution in [0.25, 0.3) is 0 Å². The molecule has 0 radical (unpaired) electrons. The zero-order chi connectivity index (χ0) is 17.1. The molecule has 128 valence electrons. The molecule has 0 bridgehead atoms. The van der Waals surface area contributed by atoms with E-state index in [0.717, 1.165) is 5.69 Å². The van der Waals surface area contributed by atoms with Crippen molar-refractivity contribution in [3.8, 4) is 5.75 Å². The minimum absolute atomic E-state index is 0.0914.